The Bertz CT molecular complexity index is 1890. The van der Waals surface area contributed by atoms with E-state index in [9.17, 15) is 0 Å². The lowest BCUT2D eigenvalue weighted by atomic mass is 9.90. The third-order valence-corrected chi connectivity index (χ3v) is 25.2. The minimum absolute atomic E-state index is 0.0430. The maximum atomic E-state index is 15.5. The number of thiazole rings is 1. The summed E-state index contributed by atoms with van der Waals surface area (Å²) in [5.41, 5.74) is 1.13. The van der Waals surface area contributed by atoms with Crippen LogP contribution in [0.1, 0.15) is 60.7 Å². The topological polar surface area (TPSA) is 55.6 Å². The summed E-state index contributed by atoms with van der Waals surface area (Å²) in [4.78, 5) is 24.1. The first kappa shape index (κ1) is 31.2. The molecule has 47 heavy (non-hydrogen) atoms. The lowest BCUT2D eigenvalue weighted by Crippen LogP contribution is -2.66. The van der Waals surface area contributed by atoms with Gasteiger partial charge in [-0.2, -0.15) is 0 Å². The second kappa shape index (κ2) is 11.2. The third-order valence-electron chi connectivity index (χ3n) is 10.9. The third kappa shape index (κ3) is 3.72. The van der Waals surface area contributed by atoms with Gasteiger partial charge >= 0.3 is 0 Å². The number of thiophene rings is 1. The first-order valence-electron chi connectivity index (χ1n) is 16.3. The number of furan rings is 1. The van der Waals surface area contributed by atoms with Crippen molar-refractivity contribution in [1.29, 1.82) is 0 Å². The van der Waals surface area contributed by atoms with E-state index < -0.39 is 14.0 Å². The Balaban J connectivity index is 1.76. The van der Waals surface area contributed by atoms with Crippen molar-refractivity contribution < 1.29 is 13.9 Å². The summed E-state index contributed by atoms with van der Waals surface area (Å²) in [5.74, 6) is 2.53. The van der Waals surface area contributed by atoms with Crippen LogP contribution in [0.4, 0.5) is 0 Å². The average molecular weight is 701 g/mol. The SMILES string of the molecule is CC(=O)N1C(C)(c2nccs2)C(c2cccs2)=C(c2ccco2)S1(Cc1ccccc1)(c1ccccc1)(C1CCCO1)C1CCCS1. The molecule has 0 N–H and O–H groups in total. The van der Waals surface area contributed by atoms with Gasteiger partial charge in [0, 0.05) is 50.8 Å². The summed E-state index contributed by atoms with van der Waals surface area (Å²) in [6.45, 7) is 4.72. The smallest absolute Gasteiger partial charge is 0.228 e. The summed E-state index contributed by atoms with van der Waals surface area (Å²) < 4.78 is 16.5. The van der Waals surface area contributed by atoms with E-state index in [2.05, 4.69) is 95.5 Å². The highest BCUT2D eigenvalue weighted by Crippen LogP contribution is 3.13. The fraction of sp³-hybridized carbons (Fsp3) is 0.316. The number of hydrogen-bond donors (Lipinski definition) is 0. The van der Waals surface area contributed by atoms with E-state index in [1.165, 1.54) is 10.5 Å². The molecule has 2 aromatic carbocycles. The Labute approximate surface area is 288 Å². The molecule has 0 spiro atoms. The number of benzene rings is 2. The van der Waals surface area contributed by atoms with Crippen molar-refractivity contribution in [1.82, 2.24) is 9.29 Å². The number of amides is 1. The van der Waals surface area contributed by atoms with Crippen molar-refractivity contribution in [2.45, 2.75) is 65.7 Å². The van der Waals surface area contributed by atoms with Crippen LogP contribution in [0.2, 0.25) is 0 Å². The number of thioether (sulfide) groups is 1. The molecule has 0 aliphatic carbocycles. The van der Waals surface area contributed by atoms with Crippen LogP contribution in [0.15, 0.2) is 117 Å². The Morgan fingerprint density at radius 2 is 1.77 bits per heavy atom. The molecule has 6 heterocycles. The van der Waals surface area contributed by atoms with Gasteiger partial charge in [-0.1, -0.05) is 54.6 Å². The van der Waals surface area contributed by atoms with Crippen LogP contribution in [0, 0.1) is 0 Å². The minimum Gasteiger partial charge on any atom is -0.464 e. The van der Waals surface area contributed by atoms with Crippen LogP contribution in [0.3, 0.4) is 0 Å². The second-order valence-electron chi connectivity index (χ2n) is 13.1. The largest absolute Gasteiger partial charge is 0.464 e. The van der Waals surface area contributed by atoms with E-state index in [4.69, 9.17) is 14.1 Å². The Kier molecular flexibility index (Phi) is 7.46. The van der Waals surface area contributed by atoms with E-state index >= 15 is 4.79 Å². The fourth-order valence-corrected chi connectivity index (χ4v) is 26.6. The van der Waals surface area contributed by atoms with E-state index in [1.54, 1.807) is 35.9 Å². The lowest BCUT2D eigenvalue weighted by molar-refractivity contribution is -0.127. The highest BCUT2D eigenvalue weighted by molar-refractivity contribution is 8.72. The number of ether oxygens (including phenoxy) is 1. The number of carbonyl (C=O) groups is 1. The van der Waals surface area contributed by atoms with Crippen LogP contribution in [0.5, 0.6) is 0 Å². The average Bonchev–Trinajstić information content (AvgIpc) is 3.94. The van der Waals surface area contributed by atoms with Crippen molar-refractivity contribution >= 4 is 59.3 Å². The molecule has 3 aliphatic rings. The van der Waals surface area contributed by atoms with Crippen LogP contribution < -0.4 is 0 Å². The molecule has 244 valence electrons. The van der Waals surface area contributed by atoms with Crippen molar-refractivity contribution in [3.63, 3.8) is 0 Å². The zero-order valence-electron chi connectivity index (χ0n) is 26.7. The van der Waals surface area contributed by atoms with Gasteiger partial charge in [-0.05, 0) is 84.5 Å². The van der Waals surface area contributed by atoms with Gasteiger partial charge in [0.05, 0.1) is 11.7 Å². The molecular weight excluding hydrogens is 661 g/mol. The molecule has 5 nitrogen and oxygen atoms in total. The summed E-state index contributed by atoms with van der Waals surface area (Å²) in [6.07, 6.45) is 7.50. The molecule has 5 aromatic rings. The maximum Gasteiger partial charge on any atom is 0.228 e. The van der Waals surface area contributed by atoms with Crippen molar-refractivity contribution in [3.05, 3.63) is 129 Å². The standard InChI is InChI=1S/C38H40N2O3S4/c1-28(41)40-38(2,37-39-21-26-46-37)35(32-18-11-24-44-32)36(31-17-9-22-42-31)47(40,33-19-10-23-43-33,34-20-12-25-45-34,30-15-7-4-8-16-30)27-29-13-5-3-6-14-29/h3-9,11,13-18,21-22,24,26,33-34H,10,12,19-20,23,25,27H2,1-2H3. The van der Waals surface area contributed by atoms with Crippen molar-refractivity contribution in [2.24, 2.45) is 0 Å². The molecule has 9 heteroatoms. The number of hydrogen-bond acceptors (Lipinski definition) is 7. The molecule has 0 bridgehead atoms. The van der Waals surface area contributed by atoms with Crippen molar-refractivity contribution in [2.75, 3.05) is 12.4 Å². The van der Waals surface area contributed by atoms with E-state index in [-0.39, 0.29) is 15.9 Å². The molecule has 3 aliphatic heterocycles. The molecule has 3 aromatic heterocycles. The maximum absolute atomic E-state index is 15.5. The molecule has 3 unspecified atom stereocenters. The van der Waals surface area contributed by atoms with Crippen LogP contribution in [0.25, 0.3) is 10.5 Å². The number of aromatic nitrogens is 1. The van der Waals surface area contributed by atoms with Crippen LogP contribution in [-0.2, 0) is 20.8 Å². The predicted molar refractivity (Wildman–Crippen MR) is 199 cm³/mol. The Hall–Kier alpha value is -3.08. The zero-order chi connectivity index (χ0) is 32.2. The Morgan fingerprint density at radius 3 is 2.36 bits per heavy atom. The number of nitrogens with zero attached hydrogens (tertiary/aromatic N) is 2. The van der Waals surface area contributed by atoms with Crippen LogP contribution >= 0.6 is 42.9 Å². The monoisotopic (exact) mass is 700 g/mol. The van der Waals surface area contributed by atoms with Gasteiger partial charge in [0.25, 0.3) is 0 Å². The molecular formula is C38H40N2O3S4. The normalized spacial score (nSPS) is 27.7. The van der Waals surface area contributed by atoms with Gasteiger partial charge in [0.1, 0.15) is 16.3 Å². The molecule has 3 atom stereocenters. The quantitative estimate of drug-likeness (QED) is 0.161. The molecule has 8 rings (SSSR count). The first-order valence-corrected chi connectivity index (χ1v) is 21.8. The van der Waals surface area contributed by atoms with Gasteiger partial charge in [0.15, 0.2) is 0 Å². The van der Waals surface area contributed by atoms with E-state index in [0.29, 0.717) is 12.4 Å². The molecule has 1 amide bonds. The van der Waals surface area contributed by atoms with E-state index in [0.717, 1.165) is 57.6 Å². The highest BCUT2D eigenvalue weighted by atomic mass is 32.4. The summed E-state index contributed by atoms with van der Waals surface area (Å²) in [5, 5.41) is 5.11. The fourth-order valence-electron chi connectivity index (χ4n) is 9.67. The second-order valence-corrected chi connectivity index (χ2v) is 22.9. The summed E-state index contributed by atoms with van der Waals surface area (Å²) in [6, 6.07) is 30.5. The van der Waals surface area contributed by atoms with Gasteiger partial charge in [-0.25, -0.2) is 4.98 Å². The van der Waals surface area contributed by atoms with Gasteiger partial charge in [-0.3, -0.25) is 9.10 Å². The molecule has 0 radical (unpaired) electrons. The molecule has 2 fully saturated rings. The van der Waals surface area contributed by atoms with E-state index in [1.807, 2.05) is 29.4 Å². The van der Waals surface area contributed by atoms with Gasteiger partial charge in [0.2, 0.25) is 5.91 Å². The number of carbonyl (C=O) groups excluding carboxylic acids is 1. The minimum atomic E-state index is -4.61. The van der Waals surface area contributed by atoms with Crippen molar-refractivity contribution in [3.8, 4) is 0 Å². The Morgan fingerprint density at radius 1 is 0.957 bits per heavy atom. The molecule has 0 saturated carbocycles. The zero-order valence-corrected chi connectivity index (χ0v) is 30.0. The van der Waals surface area contributed by atoms with Gasteiger partial charge in [-0.15, -0.1) is 42.9 Å². The molecule has 2 saturated heterocycles. The van der Waals surface area contributed by atoms with Crippen LogP contribution in [-0.4, -0.2) is 37.6 Å². The number of rotatable bonds is 8. The first-order chi connectivity index (χ1) is 22.9. The summed E-state index contributed by atoms with van der Waals surface area (Å²) >= 11 is 5.41. The van der Waals surface area contributed by atoms with Gasteiger partial charge < -0.3 is 9.15 Å². The summed E-state index contributed by atoms with van der Waals surface area (Å²) in [7, 11) is -4.61. The highest BCUT2D eigenvalue weighted by Gasteiger charge is 2.85. The lowest BCUT2D eigenvalue weighted by Gasteiger charge is -2.87. The predicted octanol–water partition coefficient (Wildman–Crippen LogP) is 10.5.